The predicted octanol–water partition coefficient (Wildman–Crippen LogP) is 1.47. The number of hydrogen-bond donors (Lipinski definition) is 3. The van der Waals surface area contributed by atoms with Crippen LogP contribution in [0.3, 0.4) is 0 Å². The van der Waals surface area contributed by atoms with Gasteiger partial charge < -0.3 is 16.0 Å². The average Bonchev–Trinajstić information content (AvgIpc) is 2.61. The van der Waals surface area contributed by atoms with E-state index >= 15 is 0 Å². The molecule has 0 spiro atoms. The Bertz CT molecular complexity index is 732. The predicted molar refractivity (Wildman–Crippen MR) is 96.0 cm³/mol. The Morgan fingerprint density at radius 1 is 1.04 bits per heavy atom. The molecule has 6 nitrogen and oxygen atoms in total. The number of anilines is 1. The van der Waals surface area contributed by atoms with Crippen LogP contribution in [0, 0.1) is 0 Å². The minimum atomic E-state index is -0.681. The van der Waals surface area contributed by atoms with E-state index in [-0.39, 0.29) is 12.5 Å². The molecular weight excluding hydrogens is 318 g/mol. The molecule has 2 aromatic carbocycles. The highest BCUT2D eigenvalue weighted by Gasteiger charge is 2.12. The molecule has 3 amide bonds. The summed E-state index contributed by atoms with van der Waals surface area (Å²) in [6.45, 7) is 1.38. The number of rotatable bonds is 8. The van der Waals surface area contributed by atoms with Gasteiger partial charge in [0.1, 0.15) is 6.04 Å². The summed E-state index contributed by atoms with van der Waals surface area (Å²) in [5.74, 6) is -0.747. The molecule has 0 bridgehead atoms. The van der Waals surface area contributed by atoms with E-state index in [1.54, 1.807) is 6.07 Å². The normalized spacial score (nSPS) is 11.2. The number of amides is 3. The van der Waals surface area contributed by atoms with Crippen molar-refractivity contribution >= 4 is 23.9 Å². The minimum absolute atomic E-state index is 0.160. The zero-order chi connectivity index (χ0) is 18.1. The van der Waals surface area contributed by atoms with Gasteiger partial charge in [-0.1, -0.05) is 42.5 Å². The SMILES string of the molecule is CC(NC=O)C(=O)NCC(=O)Nc1cccc(Cc2ccccc2)c1. The topological polar surface area (TPSA) is 87.3 Å². The van der Waals surface area contributed by atoms with Crippen LogP contribution in [-0.2, 0) is 20.8 Å². The molecule has 0 aliphatic carbocycles. The Labute approximate surface area is 146 Å². The van der Waals surface area contributed by atoms with Crippen LogP contribution in [0.15, 0.2) is 54.6 Å². The van der Waals surface area contributed by atoms with Crippen LogP contribution >= 0.6 is 0 Å². The molecule has 0 radical (unpaired) electrons. The van der Waals surface area contributed by atoms with Gasteiger partial charge in [-0.15, -0.1) is 0 Å². The molecule has 6 heteroatoms. The largest absolute Gasteiger partial charge is 0.347 e. The molecule has 0 aromatic heterocycles. The van der Waals surface area contributed by atoms with Gasteiger partial charge in [-0.3, -0.25) is 14.4 Å². The third kappa shape index (κ3) is 6.10. The maximum absolute atomic E-state index is 12.0. The van der Waals surface area contributed by atoms with Crippen molar-refractivity contribution in [1.82, 2.24) is 10.6 Å². The molecule has 2 rings (SSSR count). The van der Waals surface area contributed by atoms with Crippen molar-refractivity contribution in [2.45, 2.75) is 19.4 Å². The van der Waals surface area contributed by atoms with Crippen LogP contribution in [0.5, 0.6) is 0 Å². The standard InChI is InChI=1S/C19H21N3O3/c1-14(21-13-23)19(25)20-12-18(24)22-17-9-5-8-16(11-17)10-15-6-3-2-4-7-15/h2-9,11,13-14H,10,12H2,1H3,(H,20,25)(H,21,23)(H,22,24). The number of carbonyl (C=O) groups is 3. The molecular formula is C19H21N3O3. The van der Waals surface area contributed by atoms with Gasteiger partial charge in [0, 0.05) is 5.69 Å². The smallest absolute Gasteiger partial charge is 0.243 e. The molecule has 1 unspecified atom stereocenters. The van der Waals surface area contributed by atoms with Gasteiger partial charge in [0.2, 0.25) is 18.2 Å². The lowest BCUT2D eigenvalue weighted by atomic mass is 10.0. The molecule has 130 valence electrons. The molecule has 0 aliphatic heterocycles. The van der Waals surface area contributed by atoms with Gasteiger partial charge in [-0.05, 0) is 36.6 Å². The van der Waals surface area contributed by atoms with E-state index in [9.17, 15) is 14.4 Å². The minimum Gasteiger partial charge on any atom is -0.347 e. The molecule has 0 heterocycles. The molecule has 1 atom stereocenters. The first-order valence-corrected chi connectivity index (χ1v) is 7.98. The van der Waals surface area contributed by atoms with E-state index < -0.39 is 11.9 Å². The summed E-state index contributed by atoms with van der Waals surface area (Å²) < 4.78 is 0. The summed E-state index contributed by atoms with van der Waals surface area (Å²) in [6.07, 6.45) is 1.22. The summed E-state index contributed by atoms with van der Waals surface area (Å²) in [6, 6.07) is 17.0. The van der Waals surface area contributed by atoms with Gasteiger partial charge in [-0.2, -0.15) is 0 Å². The molecule has 3 N–H and O–H groups in total. The van der Waals surface area contributed by atoms with E-state index in [0.29, 0.717) is 12.1 Å². The number of hydrogen-bond acceptors (Lipinski definition) is 3. The van der Waals surface area contributed by atoms with Crippen LogP contribution in [0.4, 0.5) is 5.69 Å². The first-order valence-electron chi connectivity index (χ1n) is 7.98. The van der Waals surface area contributed by atoms with Crippen molar-refractivity contribution in [3.8, 4) is 0 Å². The van der Waals surface area contributed by atoms with Gasteiger partial charge in [0.05, 0.1) is 6.54 Å². The Balaban J connectivity index is 1.87. The van der Waals surface area contributed by atoms with Crippen LogP contribution in [0.2, 0.25) is 0 Å². The second-order valence-corrected chi connectivity index (χ2v) is 5.63. The fraction of sp³-hybridized carbons (Fsp3) is 0.211. The van der Waals surface area contributed by atoms with Crippen LogP contribution < -0.4 is 16.0 Å². The molecule has 0 saturated heterocycles. The Morgan fingerprint density at radius 3 is 2.48 bits per heavy atom. The molecule has 25 heavy (non-hydrogen) atoms. The maximum atomic E-state index is 12.0. The molecule has 2 aromatic rings. The van der Waals surface area contributed by atoms with Gasteiger partial charge in [0.25, 0.3) is 0 Å². The van der Waals surface area contributed by atoms with E-state index in [2.05, 4.69) is 28.1 Å². The van der Waals surface area contributed by atoms with Crippen molar-refractivity contribution in [2.24, 2.45) is 0 Å². The van der Waals surface area contributed by atoms with Crippen molar-refractivity contribution in [1.29, 1.82) is 0 Å². The monoisotopic (exact) mass is 339 g/mol. The van der Waals surface area contributed by atoms with Gasteiger partial charge in [-0.25, -0.2) is 0 Å². The fourth-order valence-corrected chi connectivity index (χ4v) is 2.29. The first kappa shape index (κ1) is 18.2. The number of nitrogens with one attached hydrogen (secondary N) is 3. The highest BCUT2D eigenvalue weighted by Crippen LogP contribution is 2.14. The van der Waals surface area contributed by atoms with E-state index in [0.717, 1.165) is 12.0 Å². The van der Waals surface area contributed by atoms with Crippen LogP contribution in [-0.4, -0.2) is 30.8 Å². The Kier molecular flexibility index (Phi) is 6.71. The molecule has 0 saturated carbocycles. The summed E-state index contributed by atoms with van der Waals surface area (Å²) >= 11 is 0. The fourth-order valence-electron chi connectivity index (χ4n) is 2.29. The first-order chi connectivity index (χ1) is 12.1. The lowest BCUT2D eigenvalue weighted by molar-refractivity contribution is -0.126. The van der Waals surface area contributed by atoms with Gasteiger partial charge >= 0.3 is 0 Å². The Hall–Kier alpha value is -3.15. The van der Waals surface area contributed by atoms with Crippen molar-refractivity contribution < 1.29 is 14.4 Å². The maximum Gasteiger partial charge on any atom is 0.243 e. The van der Waals surface area contributed by atoms with E-state index in [1.165, 1.54) is 12.5 Å². The van der Waals surface area contributed by atoms with Crippen molar-refractivity contribution in [3.63, 3.8) is 0 Å². The van der Waals surface area contributed by atoms with Gasteiger partial charge in [0.15, 0.2) is 0 Å². The van der Waals surface area contributed by atoms with Crippen molar-refractivity contribution in [2.75, 3.05) is 11.9 Å². The highest BCUT2D eigenvalue weighted by molar-refractivity contribution is 5.95. The average molecular weight is 339 g/mol. The Morgan fingerprint density at radius 2 is 1.76 bits per heavy atom. The third-order valence-electron chi connectivity index (χ3n) is 3.60. The lowest BCUT2D eigenvalue weighted by Crippen LogP contribution is -2.44. The summed E-state index contributed by atoms with van der Waals surface area (Å²) in [7, 11) is 0. The zero-order valence-corrected chi connectivity index (χ0v) is 14.0. The summed E-state index contributed by atoms with van der Waals surface area (Å²) in [4.78, 5) is 33.9. The second-order valence-electron chi connectivity index (χ2n) is 5.63. The second kappa shape index (κ2) is 9.22. The van der Waals surface area contributed by atoms with Crippen LogP contribution in [0.1, 0.15) is 18.1 Å². The number of benzene rings is 2. The molecule has 0 aliphatic rings. The lowest BCUT2D eigenvalue weighted by Gasteiger charge is -2.11. The van der Waals surface area contributed by atoms with Crippen molar-refractivity contribution in [3.05, 3.63) is 65.7 Å². The quantitative estimate of drug-likeness (QED) is 0.637. The number of carbonyl (C=O) groups excluding carboxylic acids is 3. The van der Waals surface area contributed by atoms with E-state index in [4.69, 9.17) is 0 Å². The summed E-state index contributed by atoms with van der Waals surface area (Å²) in [5, 5.41) is 7.55. The highest BCUT2D eigenvalue weighted by atomic mass is 16.2. The van der Waals surface area contributed by atoms with Crippen LogP contribution in [0.25, 0.3) is 0 Å². The summed E-state index contributed by atoms with van der Waals surface area (Å²) in [5.41, 5.74) is 2.94. The van der Waals surface area contributed by atoms with E-state index in [1.807, 2.05) is 36.4 Å². The molecule has 0 fully saturated rings. The zero-order valence-electron chi connectivity index (χ0n) is 14.0. The third-order valence-corrected chi connectivity index (χ3v) is 3.60.